The van der Waals surface area contributed by atoms with Crippen LogP contribution in [-0.4, -0.2) is 57.1 Å². The van der Waals surface area contributed by atoms with Crippen LogP contribution in [0.3, 0.4) is 0 Å². The van der Waals surface area contributed by atoms with Crippen LogP contribution in [0.2, 0.25) is 0 Å². The van der Waals surface area contributed by atoms with Gasteiger partial charge in [0.05, 0.1) is 18.6 Å². The SMILES string of the molecule is Cn1nccc1C(=O)N1C[C@H]2COC[C@@]2(c2nnc(C3CC3)o2)C1. The molecule has 2 aromatic heterocycles. The van der Waals surface area contributed by atoms with Gasteiger partial charge in [-0.2, -0.15) is 5.10 Å². The number of nitrogens with zero attached hydrogens (tertiary/aromatic N) is 5. The average Bonchev–Trinajstić information content (AvgIpc) is 2.97. The lowest BCUT2D eigenvalue weighted by atomic mass is 9.81. The molecule has 2 saturated heterocycles. The molecule has 1 amide bonds. The maximum Gasteiger partial charge on any atom is 0.272 e. The van der Waals surface area contributed by atoms with Gasteiger partial charge in [0.1, 0.15) is 5.69 Å². The smallest absolute Gasteiger partial charge is 0.272 e. The molecule has 2 atom stereocenters. The molecule has 8 nitrogen and oxygen atoms in total. The molecule has 0 aromatic carbocycles. The highest BCUT2D eigenvalue weighted by molar-refractivity contribution is 5.92. The Morgan fingerprint density at radius 1 is 1.38 bits per heavy atom. The van der Waals surface area contributed by atoms with Gasteiger partial charge >= 0.3 is 0 Å². The monoisotopic (exact) mass is 329 g/mol. The summed E-state index contributed by atoms with van der Waals surface area (Å²) in [5.74, 6) is 1.98. The second-order valence-electron chi connectivity index (χ2n) is 7.11. The fourth-order valence-electron chi connectivity index (χ4n) is 3.87. The van der Waals surface area contributed by atoms with Crippen LogP contribution in [0.4, 0.5) is 0 Å². The molecule has 0 radical (unpaired) electrons. The molecule has 24 heavy (non-hydrogen) atoms. The summed E-state index contributed by atoms with van der Waals surface area (Å²) >= 11 is 0. The van der Waals surface area contributed by atoms with Gasteiger partial charge < -0.3 is 14.1 Å². The normalized spacial score (nSPS) is 29.2. The molecule has 2 aliphatic heterocycles. The van der Waals surface area contributed by atoms with Crippen molar-refractivity contribution in [3.05, 3.63) is 29.7 Å². The van der Waals surface area contributed by atoms with E-state index in [4.69, 9.17) is 9.15 Å². The fourth-order valence-corrected chi connectivity index (χ4v) is 3.87. The maximum atomic E-state index is 12.8. The highest BCUT2D eigenvalue weighted by Crippen LogP contribution is 2.46. The first-order chi connectivity index (χ1) is 11.7. The standard InChI is InChI=1S/C16H19N5O3/c1-20-12(4-5-17-20)14(22)21-6-11-7-23-9-16(11,8-21)15-19-18-13(24-15)10-2-3-10/h4-5,10-11H,2-3,6-9H2,1H3/t11-,16-/m0/s1. The van der Waals surface area contributed by atoms with Crippen molar-refractivity contribution >= 4 is 5.91 Å². The number of aryl methyl sites for hydroxylation is 1. The van der Waals surface area contributed by atoms with E-state index in [9.17, 15) is 4.79 Å². The van der Waals surface area contributed by atoms with E-state index in [0.717, 1.165) is 18.7 Å². The number of likely N-dealkylation sites (tertiary alicyclic amines) is 1. The number of aromatic nitrogens is 4. The van der Waals surface area contributed by atoms with E-state index in [1.165, 1.54) is 0 Å². The number of hydrogen-bond acceptors (Lipinski definition) is 6. The lowest BCUT2D eigenvalue weighted by Crippen LogP contribution is -2.38. The minimum Gasteiger partial charge on any atom is -0.424 e. The van der Waals surface area contributed by atoms with Crippen molar-refractivity contribution in [3.8, 4) is 0 Å². The molecule has 0 spiro atoms. The Kier molecular flexibility index (Phi) is 2.88. The summed E-state index contributed by atoms with van der Waals surface area (Å²) in [5.41, 5.74) is 0.226. The van der Waals surface area contributed by atoms with Gasteiger partial charge in [0.15, 0.2) is 0 Å². The van der Waals surface area contributed by atoms with E-state index >= 15 is 0 Å². The molecular weight excluding hydrogens is 310 g/mol. The third-order valence-electron chi connectivity index (χ3n) is 5.49. The van der Waals surface area contributed by atoms with Gasteiger partial charge in [-0.05, 0) is 18.9 Å². The molecular formula is C16H19N5O3. The van der Waals surface area contributed by atoms with E-state index in [1.54, 1.807) is 24.0 Å². The second-order valence-corrected chi connectivity index (χ2v) is 7.11. The Balaban J connectivity index is 1.45. The van der Waals surface area contributed by atoms with Gasteiger partial charge in [0.2, 0.25) is 11.8 Å². The number of hydrogen-bond donors (Lipinski definition) is 0. The molecule has 5 rings (SSSR count). The summed E-state index contributed by atoms with van der Waals surface area (Å²) in [7, 11) is 1.78. The summed E-state index contributed by atoms with van der Waals surface area (Å²) in [6.07, 6.45) is 3.89. The Morgan fingerprint density at radius 2 is 2.25 bits per heavy atom. The molecule has 0 bridgehead atoms. The highest BCUT2D eigenvalue weighted by Gasteiger charge is 2.56. The summed E-state index contributed by atoms with van der Waals surface area (Å²) in [5, 5.41) is 12.6. The zero-order valence-corrected chi connectivity index (χ0v) is 13.5. The lowest BCUT2D eigenvalue weighted by molar-refractivity contribution is 0.0727. The average molecular weight is 329 g/mol. The summed E-state index contributed by atoms with van der Waals surface area (Å²) in [4.78, 5) is 14.7. The number of ether oxygens (including phenoxy) is 1. The second kappa shape index (κ2) is 4.89. The molecule has 2 aromatic rings. The van der Waals surface area contributed by atoms with Crippen molar-refractivity contribution in [2.45, 2.75) is 24.2 Å². The zero-order chi connectivity index (χ0) is 16.3. The minimum absolute atomic E-state index is 0.00860. The van der Waals surface area contributed by atoms with Crippen molar-refractivity contribution < 1.29 is 13.9 Å². The van der Waals surface area contributed by atoms with Gasteiger partial charge in [-0.25, -0.2) is 0 Å². The predicted octanol–water partition coefficient (Wildman–Crippen LogP) is 0.721. The number of carbonyl (C=O) groups is 1. The van der Waals surface area contributed by atoms with E-state index in [-0.39, 0.29) is 17.2 Å². The largest absolute Gasteiger partial charge is 0.424 e. The van der Waals surface area contributed by atoms with Crippen LogP contribution >= 0.6 is 0 Å². The summed E-state index contributed by atoms with van der Waals surface area (Å²) < 4.78 is 13.3. The van der Waals surface area contributed by atoms with Gasteiger partial charge in [-0.3, -0.25) is 9.48 Å². The zero-order valence-electron chi connectivity index (χ0n) is 13.5. The Morgan fingerprint density at radius 3 is 3.00 bits per heavy atom. The van der Waals surface area contributed by atoms with Gasteiger partial charge in [-0.15, -0.1) is 10.2 Å². The van der Waals surface area contributed by atoms with Crippen LogP contribution in [0, 0.1) is 5.92 Å². The van der Waals surface area contributed by atoms with E-state index in [1.807, 2.05) is 4.90 Å². The Bertz CT molecular complexity index is 795. The predicted molar refractivity (Wildman–Crippen MR) is 81.4 cm³/mol. The van der Waals surface area contributed by atoms with E-state index in [0.29, 0.717) is 43.8 Å². The summed E-state index contributed by atoms with van der Waals surface area (Å²) in [6, 6.07) is 1.75. The van der Waals surface area contributed by atoms with Crippen molar-refractivity contribution in [1.29, 1.82) is 0 Å². The summed E-state index contributed by atoms with van der Waals surface area (Å²) in [6.45, 7) is 2.34. The first-order valence-electron chi connectivity index (χ1n) is 8.36. The Labute approximate surface area is 138 Å². The van der Waals surface area contributed by atoms with E-state index in [2.05, 4.69) is 15.3 Å². The van der Waals surface area contributed by atoms with E-state index < -0.39 is 0 Å². The minimum atomic E-state index is -0.367. The van der Waals surface area contributed by atoms with Crippen molar-refractivity contribution in [2.24, 2.45) is 13.0 Å². The van der Waals surface area contributed by atoms with Crippen molar-refractivity contribution in [1.82, 2.24) is 24.9 Å². The van der Waals surface area contributed by atoms with Crippen LogP contribution in [0.15, 0.2) is 16.7 Å². The third kappa shape index (κ3) is 1.95. The maximum absolute atomic E-state index is 12.8. The number of fused-ring (bicyclic) bond motifs is 1. The molecule has 8 heteroatoms. The number of amides is 1. The molecule has 1 aliphatic carbocycles. The van der Waals surface area contributed by atoms with Crippen LogP contribution < -0.4 is 0 Å². The quantitative estimate of drug-likeness (QED) is 0.825. The van der Waals surface area contributed by atoms with Crippen molar-refractivity contribution in [2.75, 3.05) is 26.3 Å². The topological polar surface area (TPSA) is 86.3 Å². The lowest BCUT2D eigenvalue weighted by Gasteiger charge is -2.22. The molecule has 3 aliphatic rings. The van der Waals surface area contributed by atoms with Crippen LogP contribution in [0.25, 0.3) is 0 Å². The molecule has 4 heterocycles. The number of carbonyl (C=O) groups excluding carboxylic acids is 1. The van der Waals surface area contributed by atoms with Crippen LogP contribution in [0.1, 0.15) is 41.0 Å². The van der Waals surface area contributed by atoms with Crippen LogP contribution in [-0.2, 0) is 17.2 Å². The molecule has 126 valence electrons. The highest BCUT2D eigenvalue weighted by atomic mass is 16.5. The molecule has 1 saturated carbocycles. The van der Waals surface area contributed by atoms with Gasteiger partial charge in [-0.1, -0.05) is 0 Å². The first-order valence-corrected chi connectivity index (χ1v) is 8.36. The fraction of sp³-hybridized carbons (Fsp3) is 0.625. The van der Waals surface area contributed by atoms with Gasteiger partial charge in [0.25, 0.3) is 5.91 Å². The third-order valence-corrected chi connectivity index (χ3v) is 5.49. The number of rotatable bonds is 3. The van der Waals surface area contributed by atoms with Crippen LogP contribution in [0.5, 0.6) is 0 Å². The molecule has 0 N–H and O–H groups in total. The Hall–Kier alpha value is -2.22. The molecule has 0 unspecified atom stereocenters. The van der Waals surface area contributed by atoms with Crippen molar-refractivity contribution in [3.63, 3.8) is 0 Å². The first kappa shape index (κ1) is 14.2. The van der Waals surface area contributed by atoms with Gasteiger partial charge in [0, 0.05) is 38.2 Å². The molecule has 3 fully saturated rings.